The monoisotopic (exact) mass is 429 g/mol. The molecule has 0 radical (unpaired) electrons. The zero-order valence-electron chi connectivity index (χ0n) is 15.2. The number of halogens is 3. The molecular weight excluding hydrogens is 411 g/mol. The summed E-state index contributed by atoms with van der Waals surface area (Å²) in [4.78, 5) is 22.9. The Morgan fingerprint density at radius 3 is 2.17 bits per heavy atom. The van der Waals surface area contributed by atoms with Gasteiger partial charge in [-0.2, -0.15) is 13.2 Å². The molecule has 2 aromatic carbocycles. The van der Waals surface area contributed by atoms with Crippen LogP contribution < -0.4 is 15.4 Å². The SMILES string of the molecule is CC(=O)Nc1ccc(S(=O)(=O)NCCNC(=O)c2ccccc2C(F)(F)F)cc1. The van der Waals surface area contributed by atoms with Crippen molar-refractivity contribution >= 4 is 27.5 Å². The molecule has 3 N–H and O–H groups in total. The summed E-state index contributed by atoms with van der Waals surface area (Å²) in [6, 6.07) is 9.69. The Labute approximate surface area is 165 Å². The Hall–Kier alpha value is -2.92. The van der Waals surface area contributed by atoms with Crippen molar-refractivity contribution in [2.75, 3.05) is 18.4 Å². The van der Waals surface area contributed by atoms with Crippen LogP contribution in [-0.2, 0) is 21.0 Å². The summed E-state index contributed by atoms with van der Waals surface area (Å²) in [5.74, 6) is -1.27. The first kappa shape index (κ1) is 22.4. The zero-order valence-corrected chi connectivity index (χ0v) is 16.0. The third kappa shape index (κ3) is 6.29. The number of anilines is 1. The van der Waals surface area contributed by atoms with Crippen molar-refractivity contribution in [2.24, 2.45) is 0 Å². The predicted octanol–water partition coefficient (Wildman–Crippen LogP) is 2.37. The molecule has 2 aromatic rings. The highest BCUT2D eigenvalue weighted by Crippen LogP contribution is 2.31. The van der Waals surface area contributed by atoms with Gasteiger partial charge in [0.2, 0.25) is 15.9 Å². The van der Waals surface area contributed by atoms with Crippen LogP contribution in [0, 0.1) is 0 Å². The molecular formula is C18H18F3N3O4S. The van der Waals surface area contributed by atoms with E-state index in [-0.39, 0.29) is 23.9 Å². The van der Waals surface area contributed by atoms with Crippen LogP contribution >= 0.6 is 0 Å². The number of nitrogens with one attached hydrogen (secondary N) is 3. The fourth-order valence-corrected chi connectivity index (χ4v) is 3.42. The predicted molar refractivity (Wildman–Crippen MR) is 99.7 cm³/mol. The van der Waals surface area contributed by atoms with Crippen molar-refractivity contribution in [3.8, 4) is 0 Å². The minimum absolute atomic E-state index is 0.0691. The van der Waals surface area contributed by atoms with E-state index >= 15 is 0 Å². The summed E-state index contributed by atoms with van der Waals surface area (Å²) in [5.41, 5.74) is -1.19. The van der Waals surface area contributed by atoms with Crippen LogP contribution in [0.2, 0.25) is 0 Å². The molecule has 0 heterocycles. The number of amides is 2. The molecule has 0 saturated heterocycles. The first-order valence-corrected chi connectivity index (χ1v) is 9.81. The summed E-state index contributed by atoms with van der Waals surface area (Å²) < 4.78 is 65.5. The number of alkyl halides is 3. The summed E-state index contributed by atoms with van der Waals surface area (Å²) >= 11 is 0. The smallest absolute Gasteiger partial charge is 0.351 e. The van der Waals surface area contributed by atoms with Gasteiger partial charge in [-0.3, -0.25) is 9.59 Å². The van der Waals surface area contributed by atoms with E-state index in [2.05, 4.69) is 15.4 Å². The van der Waals surface area contributed by atoms with E-state index in [0.717, 1.165) is 12.1 Å². The molecule has 0 aliphatic carbocycles. The van der Waals surface area contributed by atoms with Crippen LogP contribution in [0.25, 0.3) is 0 Å². The Kier molecular flexibility index (Phi) is 6.98. The van der Waals surface area contributed by atoms with Crippen LogP contribution in [0.15, 0.2) is 53.4 Å². The van der Waals surface area contributed by atoms with E-state index < -0.39 is 33.2 Å². The van der Waals surface area contributed by atoms with E-state index in [1.165, 1.54) is 43.3 Å². The van der Waals surface area contributed by atoms with Crippen LogP contribution in [-0.4, -0.2) is 33.3 Å². The van der Waals surface area contributed by atoms with Crippen LogP contribution in [0.3, 0.4) is 0 Å². The number of carbonyl (C=O) groups is 2. The van der Waals surface area contributed by atoms with Gasteiger partial charge in [-0.15, -0.1) is 0 Å². The molecule has 11 heteroatoms. The molecule has 0 saturated carbocycles. The summed E-state index contributed by atoms with van der Waals surface area (Å²) in [6.45, 7) is 0.873. The molecule has 0 aliphatic rings. The summed E-state index contributed by atoms with van der Waals surface area (Å²) in [6.07, 6.45) is -4.68. The number of rotatable bonds is 7. The Bertz CT molecular complexity index is 990. The van der Waals surface area contributed by atoms with Gasteiger partial charge in [0.15, 0.2) is 0 Å². The number of benzene rings is 2. The summed E-state index contributed by atoms with van der Waals surface area (Å²) in [5, 5.41) is 4.75. The first-order chi connectivity index (χ1) is 13.5. The molecule has 0 aromatic heterocycles. The first-order valence-electron chi connectivity index (χ1n) is 8.32. The number of carbonyl (C=O) groups excluding carboxylic acids is 2. The normalized spacial score (nSPS) is 11.7. The molecule has 2 amide bonds. The van der Waals surface area contributed by atoms with E-state index in [0.29, 0.717) is 5.69 Å². The standard InChI is InChI=1S/C18H18F3N3O4S/c1-12(25)24-13-6-8-14(9-7-13)29(27,28)23-11-10-22-17(26)15-4-2-3-5-16(15)18(19,20)21/h2-9,23H,10-11H2,1H3,(H,22,26)(H,24,25). The molecule has 2 rings (SSSR count). The van der Waals surface area contributed by atoms with Crippen LogP contribution in [0.5, 0.6) is 0 Å². The number of hydrogen-bond donors (Lipinski definition) is 3. The Morgan fingerprint density at radius 2 is 1.59 bits per heavy atom. The molecule has 0 atom stereocenters. The van der Waals surface area contributed by atoms with E-state index in [4.69, 9.17) is 0 Å². The van der Waals surface area contributed by atoms with Crippen molar-refractivity contribution in [2.45, 2.75) is 18.0 Å². The van der Waals surface area contributed by atoms with Gasteiger partial charge in [0, 0.05) is 25.7 Å². The molecule has 0 bridgehead atoms. The third-order valence-corrected chi connectivity index (χ3v) is 5.14. The fourth-order valence-electron chi connectivity index (χ4n) is 2.39. The van der Waals surface area contributed by atoms with E-state index in [1.54, 1.807) is 0 Å². The Balaban J connectivity index is 1.93. The van der Waals surface area contributed by atoms with Crippen molar-refractivity contribution in [3.63, 3.8) is 0 Å². The van der Waals surface area contributed by atoms with Crippen molar-refractivity contribution in [1.29, 1.82) is 0 Å². The number of hydrogen-bond acceptors (Lipinski definition) is 4. The van der Waals surface area contributed by atoms with E-state index in [1.807, 2.05) is 0 Å². The fraction of sp³-hybridized carbons (Fsp3) is 0.222. The van der Waals surface area contributed by atoms with Crippen LogP contribution in [0.4, 0.5) is 18.9 Å². The highest BCUT2D eigenvalue weighted by Gasteiger charge is 2.34. The second-order valence-electron chi connectivity index (χ2n) is 5.90. The van der Waals surface area contributed by atoms with Gasteiger partial charge >= 0.3 is 6.18 Å². The van der Waals surface area contributed by atoms with Crippen LogP contribution in [0.1, 0.15) is 22.8 Å². The van der Waals surface area contributed by atoms with Crippen molar-refractivity contribution in [3.05, 3.63) is 59.7 Å². The lowest BCUT2D eigenvalue weighted by atomic mass is 10.1. The molecule has 0 unspecified atom stereocenters. The van der Waals surface area contributed by atoms with Gasteiger partial charge in [0.05, 0.1) is 16.0 Å². The Morgan fingerprint density at radius 1 is 0.966 bits per heavy atom. The minimum atomic E-state index is -4.68. The molecule has 0 fully saturated rings. The molecule has 0 spiro atoms. The van der Waals surface area contributed by atoms with Gasteiger partial charge in [0.25, 0.3) is 5.91 Å². The average molecular weight is 429 g/mol. The van der Waals surface area contributed by atoms with Gasteiger partial charge in [0.1, 0.15) is 0 Å². The van der Waals surface area contributed by atoms with Gasteiger partial charge in [-0.05, 0) is 36.4 Å². The van der Waals surface area contributed by atoms with Gasteiger partial charge < -0.3 is 10.6 Å². The molecule has 7 nitrogen and oxygen atoms in total. The average Bonchev–Trinajstić information content (AvgIpc) is 2.64. The van der Waals surface area contributed by atoms with Gasteiger partial charge in [-0.25, -0.2) is 13.1 Å². The minimum Gasteiger partial charge on any atom is -0.351 e. The van der Waals surface area contributed by atoms with Crippen molar-refractivity contribution in [1.82, 2.24) is 10.0 Å². The maximum absolute atomic E-state index is 12.9. The van der Waals surface area contributed by atoms with Crippen molar-refractivity contribution < 1.29 is 31.2 Å². The summed E-state index contributed by atoms with van der Waals surface area (Å²) in [7, 11) is -3.89. The third-order valence-electron chi connectivity index (χ3n) is 3.66. The maximum atomic E-state index is 12.9. The lowest BCUT2D eigenvalue weighted by Gasteiger charge is -2.13. The van der Waals surface area contributed by atoms with Gasteiger partial charge in [-0.1, -0.05) is 12.1 Å². The van der Waals surface area contributed by atoms with E-state index in [9.17, 15) is 31.2 Å². The topological polar surface area (TPSA) is 104 Å². The maximum Gasteiger partial charge on any atom is 0.417 e. The molecule has 29 heavy (non-hydrogen) atoms. The lowest BCUT2D eigenvalue weighted by molar-refractivity contribution is -0.138. The highest BCUT2D eigenvalue weighted by molar-refractivity contribution is 7.89. The second kappa shape index (κ2) is 9.05. The largest absolute Gasteiger partial charge is 0.417 e. The highest BCUT2D eigenvalue weighted by atomic mass is 32.2. The number of sulfonamides is 1. The zero-order chi connectivity index (χ0) is 21.7. The lowest BCUT2D eigenvalue weighted by Crippen LogP contribution is -2.35. The molecule has 156 valence electrons. The molecule has 0 aliphatic heterocycles. The second-order valence-corrected chi connectivity index (χ2v) is 7.67. The quantitative estimate of drug-likeness (QED) is 0.588.